The zero-order valence-electron chi connectivity index (χ0n) is 27.2. The summed E-state index contributed by atoms with van der Waals surface area (Å²) in [6.45, 7) is 2.14. The molecule has 4 aromatic rings. The summed E-state index contributed by atoms with van der Waals surface area (Å²) < 4.78 is 11.6. The lowest BCUT2D eigenvalue weighted by Crippen LogP contribution is -2.26. The van der Waals surface area contributed by atoms with E-state index >= 15 is 0 Å². The summed E-state index contributed by atoms with van der Waals surface area (Å²) in [5, 5.41) is 7.61. The molecule has 0 radical (unpaired) electrons. The molecule has 3 aromatic carbocycles. The van der Waals surface area contributed by atoms with Crippen molar-refractivity contribution < 1.29 is 19.1 Å². The quantitative estimate of drug-likeness (QED) is 0.130. The number of halogens is 2. The van der Waals surface area contributed by atoms with Crippen LogP contribution in [0.1, 0.15) is 50.5 Å². The molecule has 1 aliphatic carbocycles. The second-order valence-corrected chi connectivity index (χ2v) is 13.4. The first-order valence-corrected chi connectivity index (χ1v) is 17.5. The fourth-order valence-electron chi connectivity index (χ4n) is 6.66. The monoisotopic (exact) mass is 685 g/mol. The SMILES string of the molecule is COc1nc(-c2cccc(-c3cccc(-c4ccc(OCCNC[C@@H]5CCC(=O)C5)cc4)c3Cl)c2Cl)ccc1CCC[C@@H]1CCC(=O)N1. The van der Waals surface area contributed by atoms with E-state index in [0.717, 1.165) is 96.4 Å². The van der Waals surface area contributed by atoms with Gasteiger partial charge in [0.1, 0.15) is 18.1 Å². The number of nitrogens with one attached hydrogen (secondary N) is 2. The molecule has 1 aromatic heterocycles. The molecule has 9 heteroatoms. The van der Waals surface area contributed by atoms with Gasteiger partial charge in [0.25, 0.3) is 0 Å². The highest BCUT2D eigenvalue weighted by Crippen LogP contribution is 2.42. The van der Waals surface area contributed by atoms with Crippen LogP contribution in [-0.2, 0) is 16.0 Å². The molecule has 48 heavy (non-hydrogen) atoms. The maximum absolute atomic E-state index is 11.5. The van der Waals surface area contributed by atoms with Crippen molar-refractivity contribution in [1.29, 1.82) is 0 Å². The molecule has 1 saturated carbocycles. The van der Waals surface area contributed by atoms with E-state index in [1.807, 2.05) is 66.7 Å². The Bertz CT molecular complexity index is 1760. The van der Waals surface area contributed by atoms with Crippen molar-refractivity contribution in [2.75, 3.05) is 26.8 Å². The third-order valence-electron chi connectivity index (χ3n) is 9.27. The maximum Gasteiger partial charge on any atom is 0.220 e. The van der Waals surface area contributed by atoms with Crippen molar-refractivity contribution in [3.8, 4) is 45.1 Å². The van der Waals surface area contributed by atoms with Crippen molar-refractivity contribution in [2.45, 2.75) is 57.4 Å². The first kappa shape index (κ1) is 34.0. The Morgan fingerprint density at radius 2 is 1.60 bits per heavy atom. The van der Waals surface area contributed by atoms with Gasteiger partial charge < -0.3 is 20.1 Å². The van der Waals surface area contributed by atoms with E-state index in [0.29, 0.717) is 47.1 Å². The van der Waals surface area contributed by atoms with Crippen molar-refractivity contribution in [1.82, 2.24) is 15.6 Å². The molecule has 6 rings (SSSR count). The maximum atomic E-state index is 11.5. The van der Waals surface area contributed by atoms with Gasteiger partial charge in [0.2, 0.25) is 11.8 Å². The largest absolute Gasteiger partial charge is 0.492 e. The predicted octanol–water partition coefficient (Wildman–Crippen LogP) is 8.34. The Hall–Kier alpha value is -3.91. The molecule has 2 fully saturated rings. The van der Waals surface area contributed by atoms with Gasteiger partial charge in [0.15, 0.2) is 0 Å². The second-order valence-electron chi connectivity index (χ2n) is 12.6. The van der Waals surface area contributed by atoms with E-state index in [-0.39, 0.29) is 11.9 Å². The van der Waals surface area contributed by atoms with E-state index in [1.54, 1.807) is 7.11 Å². The first-order chi connectivity index (χ1) is 23.4. The highest BCUT2D eigenvalue weighted by molar-refractivity contribution is 6.39. The fourth-order valence-corrected chi connectivity index (χ4v) is 7.32. The Kier molecular flexibility index (Phi) is 11.3. The minimum absolute atomic E-state index is 0.144. The lowest BCUT2D eigenvalue weighted by molar-refractivity contribution is -0.119. The average molecular weight is 687 g/mol. The normalized spacial score (nSPS) is 17.5. The fraction of sp³-hybridized carbons (Fsp3) is 0.359. The molecule has 250 valence electrons. The van der Waals surface area contributed by atoms with Crippen LogP contribution in [0, 0.1) is 5.92 Å². The summed E-state index contributed by atoms with van der Waals surface area (Å²) in [6, 6.07) is 24.1. The number of benzene rings is 3. The third-order valence-corrected chi connectivity index (χ3v) is 10.1. The standard InChI is InChI=1S/C39H41Cl2N3O4/c1-47-39-27(5-2-6-28-15-20-36(46)43-28)14-19-35(44-39)34-10-4-9-33(38(34)41)32-8-3-7-31(37(32)40)26-12-17-30(18-13-26)48-22-21-42-24-25-11-16-29(45)23-25/h3-4,7-10,12-14,17-19,25,28,42H,2,5-6,11,15-16,20-24H2,1H3,(H,43,46)/t25-,28-/m1/s1. The number of rotatable bonds is 14. The smallest absolute Gasteiger partial charge is 0.220 e. The predicted molar refractivity (Wildman–Crippen MR) is 192 cm³/mol. The minimum atomic E-state index is 0.144. The van der Waals surface area contributed by atoms with Gasteiger partial charge in [0.05, 0.1) is 22.8 Å². The molecule has 0 spiro atoms. The Labute approximate surface area is 292 Å². The Morgan fingerprint density at radius 1 is 0.875 bits per heavy atom. The zero-order valence-corrected chi connectivity index (χ0v) is 28.7. The number of pyridine rings is 1. The van der Waals surface area contributed by atoms with E-state index in [9.17, 15) is 9.59 Å². The average Bonchev–Trinajstić information content (AvgIpc) is 3.72. The topological polar surface area (TPSA) is 89.6 Å². The number of nitrogens with zero attached hydrogens (tertiary/aromatic N) is 1. The van der Waals surface area contributed by atoms with Crippen LogP contribution in [0.25, 0.3) is 33.5 Å². The number of amides is 1. The number of carbonyl (C=O) groups excluding carboxylic acids is 2. The summed E-state index contributed by atoms with van der Waals surface area (Å²) in [6.07, 6.45) is 6.61. The van der Waals surface area contributed by atoms with Crippen LogP contribution in [0.4, 0.5) is 0 Å². The molecule has 2 N–H and O–H groups in total. The van der Waals surface area contributed by atoms with Crippen LogP contribution in [-0.4, -0.2) is 49.5 Å². The van der Waals surface area contributed by atoms with Crippen LogP contribution in [0.3, 0.4) is 0 Å². The van der Waals surface area contributed by atoms with Gasteiger partial charge in [-0.15, -0.1) is 0 Å². The Morgan fingerprint density at radius 3 is 2.29 bits per heavy atom. The number of aryl methyl sites for hydroxylation is 1. The summed E-state index contributed by atoms with van der Waals surface area (Å²) in [5.41, 5.74) is 6.07. The number of hydrogen-bond donors (Lipinski definition) is 2. The van der Waals surface area contributed by atoms with E-state index in [1.165, 1.54) is 0 Å². The zero-order chi connectivity index (χ0) is 33.5. The highest BCUT2D eigenvalue weighted by atomic mass is 35.5. The second kappa shape index (κ2) is 16.0. The molecular weight excluding hydrogens is 645 g/mol. The number of ketones is 1. The number of aromatic nitrogens is 1. The van der Waals surface area contributed by atoms with E-state index < -0.39 is 0 Å². The van der Waals surface area contributed by atoms with Gasteiger partial charge in [-0.1, -0.05) is 77.8 Å². The number of hydrogen-bond acceptors (Lipinski definition) is 6. The number of carbonyl (C=O) groups is 2. The summed E-state index contributed by atoms with van der Waals surface area (Å²) in [4.78, 5) is 27.8. The first-order valence-electron chi connectivity index (χ1n) is 16.8. The van der Waals surface area contributed by atoms with Crippen molar-refractivity contribution >= 4 is 34.9 Å². The molecule has 2 heterocycles. The summed E-state index contributed by atoms with van der Waals surface area (Å²) in [5.74, 6) is 2.34. The van der Waals surface area contributed by atoms with Gasteiger partial charge in [-0.25, -0.2) is 4.98 Å². The van der Waals surface area contributed by atoms with Crippen LogP contribution < -0.4 is 20.1 Å². The molecule has 2 aliphatic rings. The lowest BCUT2D eigenvalue weighted by Gasteiger charge is -2.15. The highest BCUT2D eigenvalue weighted by Gasteiger charge is 2.22. The van der Waals surface area contributed by atoms with Crippen LogP contribution in [0.2, 0.25) is 10.0 Å². The third kappa shape index (κ3) is 8.20. The van der Waals surface area contributed by atoms with Crippen molar-refractivity contribution in [2.24, 2.45) is 5.92 Å². The van der Waals surface area contributed by atoms with Gasteiger partial charge in [0, 0.05) is 59.7 Å². The molecular formula is C39H41Cl2N3O4. The van der Waals surface area contributed by atoms with E-state index in [2.05, 4.69) is 16.7 Å². The van der Waals surface area contributed by atoms with Crippen LogP contribution in [0.15, 0.2) is 72.8 Å². The molecule has 1 saturated heterocycles. The summed E-state index contributed by atoms with van der Waals surface area (Å²) in [7, 11) is 1.63. The van der Waals surface area contributed by atoms with E-state index in [4.69, 9.17) is 37.7 Å². The minimum Gasteiger partial charge on any atom is -0.492 e. The van der Waals surface area contributed by atoms with Gasteiger partial charge in [-0.2, -0.15) is 0 Å². The number of ether oxygens (including phenoxy) is 2. The summed E-state index contributed by atoms with van der Waals surface area (Å²) >= 11 is 14.1. The molecule has 0 bridgehead atoms. The van der Waals surface area contributed by atoms with Crippen LogP contribution in [0.5, 0.6) is 11.6 Å². The van der Waals surface area contributed by atoms with Gasteiger partial charge in [-0.05, 0) is 68.3 Å². The van der Waals surface area contributed by atoms with Gasteiger partial charge >= 0.3 is 0 Å². The molecule has 7 nitrogen and oxygen atoms in total. The molecule has 2 atom stereocenters. The molecule has 1 aliphatic heterocycles. The number of Topliss-reactive ketones (excluding diaryl/α,β-unsaturated/α-hetero) is 1. The molecule has 1 amide bonds. The number of methoxy groups -OCH3 is 1. The lowest BCUT2D eigenvalue weighted by atomic mass is 9.96. The Balaban J connectivity index is 1.12. The van der Waals surface area contributed by atoms with Crippen molar-refractivity contribution in [3.63, 3.8) is 0 Å². The van der Waals surface area contributed by atoms with Crippen molar-refractivity contribution in [3.05, 3.63) is 88.4 Å². The molecule has 0 unspecified atom stereocenters. The van der Waals surface area contributed by atoms with Gasteiger partial charge in [-0.3, -0.25) is 9.59 Å². The van der Waals surface area contributed by atoms with Crippen LogP contribution >= 0.6 is 23.2 Å².